The van der Waals surface area contributed by atoms with E-state index in [1.807, 2.05) is 32.9 Å². The largest absolute Gasteiger partial charge is 0.496 e. The third kappa shape index (κ3) is 4.45. The molecule has 0 saturated carbocycles. The van der Waals surface area contributed by atoms with Gasteiger partial charge in [-0.05, 0) is 42.0 Å². The Labute approximate surface area is 175 Å². The predicted molar refractivity (Wildman–Crippen MR) is 114 cm³/mol. The van der Waals surface area contributed by atoms with Crippen LogP contribution in [0.2, 0.25) is 0 Å². The molecule has 1 unspecified atom stereocenters. The van der Waals surface area contributed by atoms with Crippen LogP contribution in [0.25, 0.3) is 0 Å². The van der Waals surface area contributed by atoms with Crippen LogP contribution in [0.4, 0.5) is 11.4 Å². The van der Waals surface area contributed by atoms with Crippen molar-refractivity contribution in [2.24, 2.45) is 5.41 Å². The molecule has 1 fully saturated rings. The van der Waals surface area contributed by atoms with E-state index in [0.717, 1.165) is 11.3 Å². The van der Waals surface area contributed by atoms with Gasteiger partial charge in [-0.3, -0.25) is 9.59 Å². The van der Waals surface area contributed by atoms with Crippen molar-refractivity contribution in [3.8, 4) is 5.75 Å². The zero-order valence-electron chi connectivity index (χ0n) is 17.6. The molecule has 1 saturated heterocycles. The smallest absolute Gasteiger partial charge is 0.339 e. The van der Waals surface area contributed by atoms with Crippen LogP contribution in [0.5, 0.6) is 5.75 Å². The van der Waals surface area contributed by atoms with Crippen LogP contribution in [0.1, 0.15) is 49.0 Å². The number of amides is 2. The molecule has 1 aliphatic heterocycles. The number of ether oxygens (including phenoxy) is 1. The first-order valence-corrected chi connectivity index (χ1v) is 9.73. The molecular formula is C23H26N2O5. The first-order valence-electron chi connectivity index (χ1n) is 9.73. The van der Waals surface area contributed by atoms with Crippen molar-refractivity contribution in [3.63, 3.8) is 0 Å². The Hall–Kier alpha value is -3.35. The van der Waals surface area contributed by atoms with Crippen LogP contribution in [-0.4, -0.2) is 36.5 Å². The number of anilines is 2. The summed E-state index contributed by atoms with van der Waals surface area (Å²) in [5.74, 6) is -0.917. The predicted octanol–water partition coefficient (Wildman–Crippen LogP) is 3.90. The van der Waals surface area contributed by atoms with Crippen LogP contribution in [0.3, 0.4) is 0 Å². The van der Waals surface area contributed by atoms with E-state index in [1.54, 1.807) is 29.2 Å². The topological polar surface area (TPSA) is 95.9 Å². The summed E-state index contributed by atoms with van der Waals surface area (Å²) in [4.78, 5) is 37.7. The normalized spacial score (nSPS) is 16.5. The molecule has 0 aliphatic carbocycles. The number of methoxy groups -OCH3 is 1. The second-order valence-electron chi connectivity index (χ2n) is 8.42. The summed E-state index contributed by atoms with van der Waals surface area (Å²) in [6.45, 7) is 6.02. The number of nitrogens with zero attached hydrogens (tertiary/aromatic N) is 1. The fraction of sp³-hybridized carbons (Fsp3) is 0.348. The number of carbonyl (C=O) groups excluding carboxylic acids is 2. The summed E-state index contributed by atoms with van der Waals surface area (Å²) in [5.41, 5.74) is 1.90. The number of benzene rings is 2. The lowest BCUT2D eigenvalue weighted by atomic mass is 9.95. The van der Waals surface area contributed by atoms with E-state index in [9.17, 15) is 19.5 Å². The molecule has 1 aliphatic rings. The van der Waals surface area contributed by atoms with Gasteiger partial charge in [0.2, 0.25) is 11.8 Å². The number of nitrogens with one attached hydrogen (secondary N) is 1. The molecule has 7 nitrogen and oxygen atoms in total. The Morgan fingerprint density at radius 2 is 1.80 bits per heavy atom. The van der Waals surface area contributed by atoms with Crippen molar-refractivity contribution in [1.82, 2.24) is 0 Å². The third-order valence-electron chi connectivity index (χ3n) is 5.17. The van der Waals surface area contributed by atoms with Gasteiger partial charge < -0.3 is 20.1 Å². The summed E-state index contributed by atoms with van der Waals surface area (Å²) in [5, 5.41) is 12.1. The summed E-state index contributed by atoms with van der Waals surface area (Å²) in [6, 6.07) is 12.1. The molecule has 3 rings (SSSR count). The molecule has 2 N–H and O–H groups in total. The van der Waals surface area contributed by atoms with Gasteiger partial charge in [0, 0.05) is 35.7 Å². The Kier molecular flexibility index (Phi) is 5.82. The van der Waals surface area contributed by atoms with Gasteiger partial charge in [0.25, 0.3) is 0 Å². The fourth-order valence-corrected chi connectivity index (χ4v) is 3.36. The summed E-state index contributed by atoms with van der Waals surface area (Å²) in [7, 11) is 1.43. The first kappa shape index (κ1) is 21.4. The highest BCUT2D eigenvalue weighted by atomic mass is 16.5. The van der Waals surface area contributed by atoms with Crippen molar-refractivity contribution in [1.29, 1.82) is 0 Å². The van der Waals surface area contributed by atoms with E-state index in [2.05, 4.69) is 5.32 Å². The minimum atomic E-state index is -1.05. The molecule has 0 spiro atoms. The average molecular weight is 410 g/mol. The molecule has 1 atom stereocenters. The molecule has 2 amide bonds. The minimum Gasteiger partial charge on any atom is -0.496 e. The van der Waals surface area contributed by atoms with Gasteiger partial charge in [-0.2, -0.15) is 0 Å². The number of carboxylic acids is 1. The van der Waals surface area contributed by atoms with Gasteiger partial charge >= 0.3 is 5.97 Å². The van der Waals surface area contributed by atoms with E-state index in [0.29, 0.717) is 18.7 Å². The Morgan fingerprint density at radius 3 is 2.37 bits per heavy atom. The van der Waals surface area contributed by atoms with Gasteiger partial charge in [0.1, 0.15) is 11.3 Å². The maximum atomic E-state index is 12.6. The van der Waals surface area contributed by atoms with E-state index in [1.165, 1.54) is 13.2 Å². The molecule has 2 aromatic rings. The van der Waals surface area contributed by atoms with E-state index in [-0.39, 0.29) is 29.0 Å². The van der Waals surface area contributed by atoms with Crippen molar-refractivity contribution >= 4 is 29.2 Å². The SMILES string of the molecule is COc1cc(C2CC(=O)N(c3ccc(NC(=O)C(C)(C)C)cc3)C2)ccc1C(=O)O. The number of aromatic carboxylic acids is 1. The number of hydrogen-bond acceptors (Lipinski definition) is 4. The molecule has 158 valence electrons. The maximum Gasteiger partial charge on any atom is 0.339 e. The van der Waals surface area contributed by atoms with Crippen molar-refractivity contribution in [2.75, 3.05) is 23.9 Å². The van der Waals surface area contributed by atoms with Gasteiger partial charge in [-0.15, -0.1) is 0 Å². The molecule has 2 aromatic carbocycles. The number of carbonyl (C=O) groups is 3. The molecule has 1 heterocycles. The van der Waals surface area contributed by atoms with Crippen LogP contribution >= 0.6 is 0 Å². The van der Waals surface area contributed by atoms with E-state index >= 15 is 0 Å². The van der Waals surface area contributed by atoms with Crippen molar-refractivity contribution in [3.05, 3.63) is 53.6 Å². The second-order valence-corrected chi connectivity index (χ2v) is 8.42. The molecule has 0 bridgehead atoms. The van der Waals surface area contributed by atoms with Crippen LogP contribution < -0.4 is 15.0 Å². The lowest BCUT2D eigenvalue weighted by molar-refractivity contribution is -0.123. The third-order valence-corrected chi connectivity index (χ3v) is 5.17. The highest BCUT2D eigenvalue weighted by molar-refractivity contribution is 5.98. The maximum absolute atomic E-state index is 12.6. The Morgan fingerprint density at radius 1 is 1.13 bits per heavy atom. The van der Waals surface area contributed by atoms with Crippen LogP contribution in [0, 0.1) is 5.41 Å². The number of hydrogen-bond donors (Lipinski definition) is 2. The average Bonchev–Trinajstić information content (AvgIpc) is 3.09. The minimum absolute atomic E-state index is 0.00671. The van der Waals surface area contributed by atoms with Crippen molar-refractivity contribution in [2.45, 2.75) is 33.1 Å². The van der Waals surface area contributed by atoms with Gasteiger partial charge in [-0.1, -0.05) is 26.8 Å². The van der Waals surface area contributed by atoms with E-state index < -0.39 is 11.4 Å². The zero-order valence-corrected chi connectivity index (χ0v) is 17.6. The highest BCUT2D eigenvalue weighted by Gasteiger charge is 2.32. The molecule has 0 radical (unpaired) electrons. The number of rotatable bonds is 5. The molecule has 30 heavy (non-hydrogen) atoms. The van der Waals surface area contributed by atoms with E-state index in [4.69, 9.17) is 4.74 Å². The van der Waals surface area contributed by atoms with Gasteiger partial charge in [0.15, 0.2) is 0 Å². The molecular weight excluding hydrogens is 384 g/mol. The molecule has 0 aromatic heterocycles. The summed E-state index contributed by atoms with van der Waals surface area (Å²) >= 11 is 0. The highest BCUT2D eigenvalue weighted by Crippen LogP contribution is 2.34. The van der Waals surface area contributed by atoms with Crippen LogP contribution in [0.15, 0.2) is 42.5 Å². The number of carboxylic acid groups (broad SMARTS) is 1. The monoisotopic (exact) mass is 410 g/mol. The van der Waals surface area contributed by atoms with Crippen molar-refractivity contribution < 1.29 is 24.2 Å². The lowest BCUT2D eigenvalue weighted by Crippen LogP contribution is -2.27. The van der Waals surface area contributed by atoms with Gasteiger partial charge in [-0.25, -0.2) is 4.79 Å². The molecule has 7 heteroatoms. The van der Waals surface area contributed by atoms with Gasteiger partial charge in [0.05, 0.1) is 7.11 Å². The zero-order chi connectivity index (χ0) is 22.1. The second kappa shape index (κ2) is 8.18. The van der Waals surface area contributed by atoms with Crippen LogP contribution in [-0.2, 0) is 9.59 Å². The fourth-order valence-electron chi connectivity index (χ4n) is 3.36. The Balaban J connectivity index is 1.75. The Bertz CT molecular complexity index is 976. The summed E-state index contributed by atoms with van der Waals surface area (Å²) in [6.07, 6.45) is 0.331. The standard InChI is InChI=1S/C23H26N2O5/c1-23(2,3)22(29)24-16-6-8-17(9-7-16)25-13-15(12-20(25)26)14-5-10-18(21(27)28)19(11-14)30-4/h5-11,15H,12-13H2,1-4H3,(H,24,29)(H,27,28). The first-order chi connectivity index (χ1) is 14.1. The lowest BCUT2D eigenvalue weighted by Gasteiger charge is -2.20. The quantitative estimate of drug-likeness (QED) is 0.779. The summed E-state index contributed by atoms with van der Waals surface area (Å²) < 4.78 is 5.20.